The van der Waals surface area contributed by atoms with E-state index in [2.05, 4.69) is 10.6 Å². The van der Waals surface area contributed by atoms with Gasteiger partial charge in [-0.25, -0.2) is 0 Å². The smallest absolute Gasteiger partial charge is 0.220 e. The molecule has 98 valence electrons. The van der Waals surface area contributed by atoms with Gasteiger partial charge in [-0.15, -0.1) is 0 Å². The number of hydrogen-bond acceptors (Lipinski definition) is 2. The fourth-order valence-electron chi connectivity index (χ4n) is 3.11. The summed E-state index contributed by atoms with van der Waals surface area (Å²) in [6.45, 7) is 2.00. The second kappa shape index (κ2) is 7.00. The van der Waals surface area contributed by atoms with Gasteiger partial charge in [0.05, 0.1) is 0 Å². The standard InChI is InChI=1S/C14H26N2O/c17-14(8-7-12-4-1-2-5-12)16-11-9-13-6-3-10-15-13/h12-13,15H,1-11H2,(H,16,17). The Morgan fingerprint density at radius 2 is 1.94 bits per heavy atom. The van der Waals surface area contributed by atoms with Crippen LogP contribution in [0.4, 0.5) is 0 Å². The summed E-state index contributed by atoms with van der Waals surface area (Å²) in [5.74, 6) is 1.09. The number of nitrogens with one attached hydrogen (secondary N) is 2. The monoisotopic (exact) mass is 238 g/mol. The van der Waals surface area contributed by atoms with Gasteiger partial charge >= 0.3 is 0 Å². The lowest BCUT2D eigenvalue weighted by Crippen LogP contribution is -2.30. The molecule has 17 heavy (non-hydrogen) atoms. The summed E-state index contributed by atoms with van der Waals surface area (Å²) < 4.78 is 0. The summed E-state index contributed by atoms with van der Waals surface area (Å²) in [7, 11) is 0. The first kappa shape index (κ1) is 12.9. The van der Waals surface area contributed by atoms with Gasteiger partial charge in [-0.05, 0) is 38.1 Å². The molecule has 3 nitrogen and oxygen atoms in total. The molecule has 2 rings (SSSR count). The van der Waals surface area contributed by atoms with E-state index in [-0.39, 0.29) is 5.91 Å². The molecule has 1 atom stereocenters. The van der Waals surface area contributed by atoms with E-state index < -0.39 is 0 Å². The summed E-state index contributed by atoms with van der Waals surface area (Å²) in [6, 6.07) is 0.644. The Morgan fingerprint density at radius 1 is 1.12 bits per heavy atom. The number of rotatable bonds is 6. The lowest BCUT2D eigenvalue weighted by molar-refractivity contribution is -0.121. The Morgan fingerprint density at radius 3 is 2.65 bits per heavy atom. The van der Waals surface area contributed by atoms with Gasteiger partial charge in [0.2, 0.25) is 5.91 Å². The van der Waals surface area contributed by atoms with Crippen LogP contribution in [0.5, 0.6) is 0 Å². The van der Waals surface area contributed by atoms with Crippen LogP contribution in [0.2, 0.25) is 0 Å². The molecule has 1 saturated carbocycles. The fraction of sp³-hybridized carbons (Fsp3) is 0.929. The molecule has 1 amide bonds. The zero-order valence-electron chi connectivity index (χ0n) is 10.8. The summed E-state index contributed by atoms with van der Waals surface area (Å²) >= 11 is 0. The summed E-state index contributed by atoms with van der Waals surface area (Å²) in [6.07, 6.45) is 10.9. The highest BCUT2D eigenvalue weighted by molar-refractivity contribution is 5.75. The Balaban J connectivity index is 1.48. The molecule has 1 saturated heterocycles. The SMILES string of the molecule is O=C(CCC1CCCC1)NCCC1CCCN1. The Kier molecular flexibility index (Phi) is 5.30. The Hall–Kier alpha value is -0.570. The number of carbonyl (C=O) groups is 1. The van der Waals surface area contributed by atoms with Crippen molar-refractivity contribution in [1.29, 1.82) is 0 Å². The molecule has 0 aromatic heterocycles. The Bertz CT molecular complexity index is 230. The van der Waals surface area contributed by atoms with E-state index in [1.54, 1.807) is 0 Å². The summed E-state index contributed by atoms with van der Waals surface area (Å²) in [5, 5.41) is 6.51. The van der Waals surface area contributed by atoms with E-state index >= 15 is 0 Å². The van der Waals surface area contributed by atoms with E-state index in [0.29, 0.717) is 6.04 Å². The van der Waals surface area contributed by atoms with Crippen molar-refractivity contribution >= 4 is 5.91 Å². The van der Waals surface area contributed by atoms with Crippen LogP contribution >= 0.6 is 0 Å². The number of carbonyl (C=O) groups excluding carboxylic acids is 1. The first-order chi connectivity index (χ1) is 8.34. The van der Waals surface area contributed by atoms with Crippen molar-refractivity contribution in [1.82, 2.24) is 10.6 Å². The second-order valence-corrected chi connectivity index (χ2v) is 5.62. The predicted octanol–water partition coefficient (Wildman–Crippen LogP) is 2.22. The molecule has 0 aromatic rings. The van der Waals surface area contributed by atoms with Crippen LogP contribution in [-0.4, -0.2) is 25.0 Å². The minimum absolute atomic E-state index is 0.259. The first-order valence-electron chi connectivity index (χ1n) is 7.34. The minimum atomic E-state index is 0.259. The molecule has 2 aliphatic rings. The lowest BCUT2D eigenvalue weighted by atomic mass is 10.0. The average molecular weight is 238 g/mol. The van der Waals surface area contributed by atoms with E-state index in [9.17, 15) is 4.79 Å². The fourth-order valence-corrected chi connectivity index (χ4v) is 3.11. The van der Waals surface area contributed by atoms with Crippen molar-refractivity contribution in [2.45, 2.75) is 63.8 Å². The minimum Gasteiger partial charge on any atom is -0.356 e. The maximum atomic E-state index is 11.6. The van der Waals surface area contributed by atoms with Gasteiger partial charge in [-0.2, -0.15) is 0 Å². The van der Waals surface area contributed by atoms with Crippen molar-refractivity contribution in [3.8, 4) is 0 Å². The molecule has 3 heteroatoms. The van der Waals surface area contributed by atoms with Crippen LogP contribution < -0.4 is 10.6 Å². The van der Waals surface area contributed by atoms with Crippen LogP contribution in [0.1, 0.15) is 57.8 Å². The normalized spacial score (nSPS) is 25.3. The highest BCUT2D eigenvalue weighted by atomic mass is 16.1. The highest BCUT2D eigenvalue weighted by Gasteiger charge is 2.16. The molecule has 0 spiro atoms. The van der Waals surface area contributed by atoms with Gasteiger partial charge < -0.3 is 10.6 Å². The summed E-state index contributed by atoms with van der Waals surface area (Å²) in [5.41, 5.74) is 0. The van der Waals surface area contributed by atoms with Crippen molar-refractivity contribution in [3.05, 3.63) is 0 Å². The second-order valence-electron chi connectivity index (χ2n) is 5.62. The maximum absolute atomic E-state index is 11.6. The molecule has 2 fully saturated rings. The largest absolute Gasteiger partial charge is 0.356 e. The first-order valence-corrected chi connectivity index (χ1v) is 7.34. The summed E-state index contributed by atoms with van der Waals surface area (Å²) in [4.78, 5) is 11.6. The third kappa shape index (κ3) is 4.66. The molecule has 1 aliphatic carbocycles. The highest BCUT2D eigenvalue weighted by Crippen LogP contribution is 2.28. The predicted molar refractivity (Wildman–Crippen MR) is 69.8 cm³/mol. The molecular weight excluding hydrogens is 212 g/mol. The maximum Gasteiger partial charge on any atom is 0.220 e. The molecular formula is C14H26N2O. The average Bonchev–Trinajstić information content (AvgIpc) is 2.99. The van der Waals surface area contributed by atoms with Crippen molar-refractivity contribution < 1.29 is 4.79 Å². The van der Waals surface area contributed by atoms with Crippen molar-refractivity contribution in [2.75, 3.05) is 13.1 Å². The number of hydrogen-bond donors (Lipinski definition) is 2. The number of amides is 1. The van der Waals surface area contributed by atoms with E-state index in [1.807, 2.05) is 0 Å². The zero-order valence-corrected chi connectivity index (χ0v) is 10.8. The molecule has 1 aliphatic heterocycles. The van der Waals surface area contributed by atoms with Crippen LogP contribution in [0, 0.1) is 5.92 Å². The third-order valence-corrected chi connectivity index (χ3v) is 4.23. The molecule has 0 aromatic carbocycles. The van der Waals surface area contributed by atoms with E-state index in [1.165, 1.54) is 38.5 Å². The van der Waals surface area contributed by atoms with Gasteiger partial charge in [0.1, 0.15) is 0 Å². The molecule has 0 bridgehead atoms. The van der Waals surface area contributed by atoms with Gasteiger partial charge in [-0.1, -0.05) is 25.7 Å². The molecule has 1 heterocycles. The van der Waals surface area contributed by atoms with Crippen LogP contribution in [0.15, 0.2) is 0 Å². The quantitative estimate of drug-likeness (QED) is 0.745. The van der Waals surface area contributed by atoms with Crippen molar-refractivity contribution in [3.63, 3.8) is 0 Å². The molecule has 2 N–H and O–H groups in total. The van der Waals surface area contributed by atoms with Crippen LogP contribution in [0.25, 0.3) is 0 Å². The lowest BCUT2D eigenvalue weighted by Gasteiger charge is -2.12. The van der Waals surface area contributed by atoms with E-state index in [4.69, 9.17) is 0 Å². The van der Waals surface area contributed by atoms with Crippen molar-refractivity contribution in [2.24, 2.45) is 5.92 Å². The zero-order chi connectivity index (χ0) is 11.9. The molecule has 0 radical (unpaired) electrons. The van der Waals surface area contributed by atoms with Gasteiger partial charge in [0.25, 0.3) is 0 Å². The van der Waals surface area contributed by atoms with Crippen LogP contribution in [0.3, 0.4) is 0 Å². The topological polar surface area (TPSA) is 41.1 Å². The van der Waals surface area contributed by atoms with Gasteiger partial charge in [0.15, 0.2) is 0 Å². The Labute approximate surface area is 105 Å². The van der Waals surface area contributed by atoms with Gasteiger partial charge in [0, 0.05) is 19.0 Å². The third-order valence-electron chi connectivity index (χ3n) is 4.23. The van der Waals surface area contributed by atoms with Gasteiger partial charge in [-0.3, -0.25) is 4.79 Å². The van der Waals surface area contributed by atoms with E-state index in [0.717, 1.165) is 38.3 Å². The molecule has 1 unspecified atom stereocenters. The van der Waals surface area contributed by atoms with Crippen LogP contribution in [-0.2, 0) is 4.79 Å².